The van der Waals surface area contributed by atoms with Crippen LogP contribution in [0.2, 0.25) is 0 Å². The van der Waals surface area contributed by atoms with Gasteiger partial charge in [-0.1, -0.05) is 6.92 Å². The van der Waals surface area contributed by atoms with E-state index in [1.807, 2.05) is 6.07 Å². The van der Waals surface area contributed by atoms with Gasteiger partial charge in [0, 0.05) is 24.3 Å². The Morgan fingerprint density at radius 1 is 1.22 bits per heavy atom. The molecule has 3 rings (SSSR count). The van der Waals surface area contributed by atoms with Crippen LogP contribution in [-0.4, -0.2) is 30.6 Å². The molecule has 0 spiro atoms. The summed E-state index contributed by atoms with van der Waals surface area (Å²) in [5.41, 5.74) is 8.19. The monoisotopic (exact) mass is 441 g/mol. The molecule has 0 bridgehead atoms. The largest absolute Gasteiger partial charge is 0.460 e. The number of halogens is 1. The van der Waals surface area contributed by atoms with Gasteiger partial charge in [-0.15, -0.1) is 0 Å². The molecule has 1 amide bonds. The van der Waals surface area contributed by atoms with Crippen molar-refractivity contribution in [2.24, 2.45) is 5.92 Å². The van der Waals surface area contributed by atoms with Crippen LogP contribution in [0.4, 0.5) is 21.5 Å². The lowest BCUT2D eigenvalue weighted by atomic mass is 9.99. The quantitative estimate of drug-likeness (QED) is 0.515. The van der Waals surface area contributed by atoms with Gasteiger partial charge in [-0.25, -0.2) is 4.39 Å². The first-order valence-electron chi connectivity index (χ1n) is 11.0. The number of benzene rings is 2. The second-order valence-electron chi connectivity index (χ2n) is 9.49. The van der Waals surface area contributed by atoms with Gasteiger partial charge in [-0.05, 0) is 81.5 Å². The molecule has 172 valence electrons. The number of rotatable bonds is 5. The molecular weight excluding hydrogens is 409 g/mol. The molecule has 3 N–H and O–H groups in total. The first-order chi connectivity index (χ1) is 15.0. The van der Waals surface area contributed by atoms with Crippen LogP contribution in [0.5, 0.6) is 0 Å². The number of amides is 1. The summed E-state index contributed by atoms with van der Waals surface area (Å²) in [6.07, 6.45) is 2.17. The van der Waals surface area contributed by atoms with Crippen molar-refractivity contribution < 1.29 is 18.7 Å². The summed E-state index contributed by atoms with van der Waals surface area (Å²) in [5, 5.41) is 2.77. The summed E-state index contributed by atoms with van der Waals surface area (Å²) in [6, 6.07) is 9.17. The Kier molecular flexibility index (Phi) is 7.06. The van der Waals surface area contributed by atoms with Crippen LogP contribution in [-0.2, 0) is 16.0 Å². The molecule has 0 aliphatic carbocycles. The lowest BCUT2D eigenvalue weighted by Gasteiger charge is -2.33. The fourth-order valence-electron chi connectivity index (χ4n) is 3.95. The smallest absolute Gasteiger partial charge is 0.310 e. The van der Waals surface area contributed by atoms with E-state index in [2.05, 4.69) is 17.1 Å². The predicted molar refractivity (Wildman–Crippen MR) is 125 cm³/mol. The third kappa shape index (κ3) is 6.22. The zero-order chi connectivity index (χ0) is 23.5. The summed E-state index contributed by atoms with van der Waals surface area (Å²) >= 11 is 0. The highest BCUT2D eigenvalue weighted by Crippen LogP contribution is 2.29. The van der Waals surface area contributed by atoms with Crippen LogP contribution < -0.4 is 16.0 Å². The number of hydrogen-bond donors (Lipinski definition) is 2. The lowest BCUT2D eigenvalue weighted by Crippen LogP contribution is -2.34. The SMILES string of the molecule is C[C@H]1CCCN(c2ccc(C(=O)Nc3ccc(F)cc3CC(=O)OC(C)(C)C)cc2N)C1. The average Bonchev–Trinajstić information content (AvgIpc) is 2.68. The van der Waals surface area contributed by atoms with Crippen molar-refractivity contribution in [1.29, 1.82) is 0 Å². The van der Waals surface area contributed by atoms with Crippen molar-refractivity contribution >= 4 is 28.9 Å². The molecule has 7 heteroatoms. The lowest BCUT2D eigenvalue weighted by molar-refractivity contribution is -0.153. The van der Waals surface area contributed by atoms with E-state index in [9.17, 15) is 14.0 Å². The molecule has 0 unspecified atom stereocenters. The predicted octanol–water partition coefficient (Wildman–Crippen LogP) is 4.78. The molecular formula is C25H32FN3O3. The van der Waals surface area contributed by atoms with Gasteiger partial charge in [-0.2, -0.15) is 0 Å². The van der Waals surface area contributed by atoms with Gasteiger partial charge in [-0.3, -0.25) is 9.59 Å². The number of piperidine rings is 1. The van der Waals surface area contributed by atoms with Crippen LogP contribution in [0, 0.1) is 11.7 Å². The van der Waals surface area contributed by atoms with Gasteiger partial charge >= 0.3 is 5.97 Å². The first kappa shape index (κ1) is 23.6. The van der Waals surface area contributed by atoms with Crippen molar-refractivity contribution in [3.63, 3.8) is 0 Å². The van der Waals surface area contributed by atoms with E-state index in [4.69, 9.17) is 10.5 Å². The Labute approximate surface area is 188 Å². The highest BCUT2D eigenvalue weighted by atomic mass is 19.1. The molecule has 1 aliphatic heterocycles. The van der Waals surface area contributed by atoms with Crippen LogP contribution in [0.3, 0.4) is 0 Å². The highest BCUT2D eigenvalue weighted by Gasteiger charge is 2.21. The Morgan fingerprint density at radius 3 is 2.62 bits per heavy atom. The third-order valence-corrected chi connectivity index (χ3v) is 5.36. The third-order valence-electron chi connectivity index (χ3n) is 5.36. The fraction of sp³-hybridized carbons (Fsp3) is 0.440. The van der Waals surface area contributed by atoms with Crippen molar-refractivity contribution in [3.05, 3.63) is 53.3 Å². The summed E-state index contributed by atoms with van der Waals surface area (Å²) in [5.74, 6) is -0.769. The molecule has 1 aliphatic rings. The number of nitrogens with one attached hydrogen (secondary N) is 1. The standard InChI is InChI=1S/C25H32FN3O3/c1-16-6-5-11-29(15-16)22-10-7-17(13-20(22)27)24(31)28-21-9-8-19(26)12-18(21)14-23(30)32-25(2,3)4/h7-10,12-13,16H,5-6,11,14-15,27H2,1-4H3,(H,28,31)/t16-/m0/s1. The van der Waals surface area contributed by atoms with E-state index >= 15 is 0 Å². The molecule has 1 heterocycles. The van der Waals surface area contributed by atoms with Crippen LogP contribution in [0.1, 0.15) is 56.5 Å². The average molecular weight is 442 g/mol. The molecule has 0 radical (unpaired) electrons. The number of carbonyl (C=O) groups excluding carboxylic acids is 2. The van der Waals surface area contributed by atoms with Gasteiger partial charge < -0.3 is 20.7 Å². The van der Waals surface area contributed by atoms with Crippen molar-refractivity contribution in [1.82, 2.24) is 0 Å². The molecule has 32 heavy (non-hydrogen) atoms. The number of carbonyl (C=O) groups is 2. The Hall–Kier alpha value is -3.09. The van der Waals surface area contributed by atoms with Gasteiger partial charge in [0.25, 0.3) is 5.91 Å². The Morgan fingerprint density at radius 2 is 1.97 bits per heavy atom. The summed E-state index contributed by atoms with van der Waals surface area (Å²) in [4.78, 5) is 27.3. The zero-order valence-electron chi connectivity index (χ0n) is 19.2. The van der Waals surface area contributed by atoms with Crippen LogP contribution in [0.15, 0.2) is 36.4 Å². The Bertz CT molecular complexity index is 1000. The minimum absolute atomic E-state index is 0.154. The number of nitrogen functional groups attached to an aromatic ring is 1. The molecule has 1 saturated heterocycles. The molecule has 0 aromatic heterocycles. The normalized spacial score (nSPS) is 16.5. The Balaban J connectivity index is 1.75. The van der Waals surface area contributed by atoms with Gasteiger partial charge in [0.1, 0.15) is 11.4 Å². The second-order valence-corrected chi connectivity index (χ2v) is 9.49. The molecule has 2 aromatic rings. The number of ether oxygens (including phenoxy) is 1. The molecule has 0 saturated carbocycles. The molecule has 2 aromatic carbocycles. The van der Waals surface area contributed by atoms with Gasteiger partial charge in [0.2, 0.25) is 0 Å². The summed E-state index contributed by atoms with van der Waals surface area (Å²) in [7, 11) is 0. The van der Waals surface area contributed by atoms with Crippen LogP contribution >= 0.6 is 0 Å². The minimum atomic E-state index is -0.654. The van der Waals surface area contributed by atoms with Crippen molar-refractivity contribution in [3.8, 4) is 0 Å². The second kappa shape index (κ2) is 9.59. The van der Waals surface area contributed by atoms with Gasteiger partial charge in [0.15, 0.2) is 0 Å². The van der Waals surface area contributed by atoms with E-state index in [1.54, 1.807) is 32.9 Å². The van der Waals surface area contributed by atoms with Crippen molar-refractivity contribution in [2.45, 2.75) is 52.6 Å². The number of esters is 1. The van der Waals surface area contributed by atoms with Crippen molar-refractivity contribution in [2.75, 3.05) is 29.0 Å². The highest BCUT2D eigenvalue weighted by molar-refractivity contribution is 6.06. The van der Waals surface area contributed by atoms with Crippen LogP contribution in [0.25, 0.3) is 0 Å². The van der Waals surface area contributed by atoms with E-state index in [0.29, 0.717) is 28.4 Å². The van der Waals surface area contributed by atoms with E-state index < -0.39 is 17.4 Å². The summed E-state index contributed by atoms with van der Waals surface area (Å²) < 4.78 is 19.1. The zero-order valence-corrected chi connectivity index (χ0v) is 19.2. The first-order valence-corrected chi connectivity index (χ1v) is 11.0. The van der Waals surface area contributed by atoms with E-state index in [0.717, 1.165) is 25.2 Å². The molecule has 1 fully saturated rings. The minimum Gasteiger partial charge on any atom is -0.460 e. The van der Waals surface area contributed by atoms with Gasteiger partial charge in [0.05, 0.1) is 17.8 Å². The number of hydrogen-bond acceptors (Lipinski definition) is 5. The maximum absolute atomic E-state index is 13.8. The summed E-state index contributed by atoms with van der Waals surface area (Å²) in [6.45, 7) is 9.40. The van der Waals surface area contributed by atoms with E-state index in [1.165, 1.54) is 24.6 Å². The topological polar surface area (TPSA) is 84.7 Å². The van der Waals surface area contributed by atoms with E-state index in [-0.39, 0.29) is 12.3 Å². The maximum atomic E-state index is 13.8. The molecule has 1 atom stereocenters. The number of anilines is 3. The fourth-order valence-corrected chi connectivity index (χ4v) is 3.95. The number of nitrogens with two attached hydrogens (primary N) is 1. The maximum Gasteiger partial charge on any atom is 0.310 e. The number of nitrogens with zero attached hydrogens (tertiary/aromatic N) is 1. The molecule has 6 nitrogen and oxygen atoms in total.